The summed E-state index contributed by atoms with van der Waals surface area (Å²) in [6, 6.07) is 3.05. The van der Waals surface area contributed by atoms with Crippen molar-refractivity contribution >= 4 is 5.91 Å². The first-order chi connectivity index (χ1) is 7.71. The van der Waals surface area contributed by atoms with Crippen LogP contribution < -0.4 is 0 Å². The van der Waals surface area contributed by atoms with Crippen molar-refractivity contribution in [3.8, 4) is 0 Å². The van der Waals surface area contributed by atoms with E-state index in [1.54, 1.807) is 0 Å². The molecule has 1 aromatic carbocycles. The first-order valence-corrected chi connectivity index (χ1v) is 5.13. The van der Waals surface area contributed by atoms with Gasteiger partial charge in [0.2, 0.25) is 0 Å². The van der Waals surface area contributed by atoms with E-state index < -0.39 is 23.1 Å². The number of amides is 1. The lowest BCUT2D eigenvalue weighted by atomic mass is 10.1. The van der Waals surface area contributed by atoms with E-state index in [1.165, 1.54) is 20.9 Å². The molecule has 1 N–H and O–H groups in total. The van der Waals surface area contributed by atoms with Crippen LogP contribution in [0.1, 0.15) is 19.4 Å². The van der Waals surface area contributed by atoms with E-state index in [2.05, 4.69) is 0 Å². The van der Waals surface area contributed by atoms with Gasteiger partial charge in [0.1, 0.15) is 17.2 Å². The van der Waals surface area contributed by atoms with Crippen LogP contribution >= 0.6 is 0 Å². The SMILES string of the molecule is CN(Cc1cc(F)ccc1F)C(=O)C(C)(C)O. The Morgan fingerprint density at radius 3 is 2.53 bits per heavy atom. The predicted molar refractivity (Wildman–Crippen MR) is 59.1 cm³/mol. The van der Waals surface area contributed by atoms with E-state index in [0.29, 0.717) is 0 Å². The lowest BCUT2D eigenvalue weighted by Gasteiger charge is -2.25. The van der Waals surface area contributed by atoms with Crippen molar-refractivity contribution in [1.29, 1.82) is 0 Å². The van der Waals surface area contributed by atoms with Crippen molar-refractivity contribution in [3.05, 3.63) is 35.4 Å². The Labute approximate surface area is 98.7 Å². The Balaban J connectivity index is 2.85. The summed E-state index contributed by atoms with van der Waals surface area (Å²) in [6.45, 7) is 2.59. The second-order valence-corrected chi connectivity index (χ2v) is 4.46. The molecule has 5 heteroatoms. The Morgan fingerprint density at radius 2 is 2.00 bits per heavy atom. The summed E-state index contributed by atoms with van der Waals surface area (Å²) >= 11 is 0. The summed E-state index contributed by atoms with van der Waals surface area (Å²) in [5, 5.41) is 9.50. The quantitative estimate of drug-likeness (QED) is 0.877. The molecule has 0 saturated heterocycles. The van der Waals surface area contributed by atoms with Crippen LogP contribution in [0.15, 0.2) is 18.2 Å². The molecule has 0 aliphatic rings. The van der Waals surface area contributed by atoms with Gasteiger partial charge < -0.3 is 10.0 Å². The van der Waals surface area contributed by atoms with Crippen LogP contribution in [0.2, 0.25) is 0 Å². The molecule has 0 aromatic heterocycles. The topological polar surface area (TPSA) is 40.5 Å². The molecule has 0 aliphatic heterocycles. The first kappa shape index (κ1) is 13.6. The fourth-order valence-electron chi connectivity index (χ4n) is 1.46. The van der Waals surface area contributed by atoms with Gasteiger partial charge in [-0.15, -0.1) is 0 Å². The van der Waals surface area contributed by atoms with Gasteiger partial charge in [-0.25, -0.2) is 8.78 Å². The molecular formula is C12H15F2NO2. The van der Waals surface area contributed by atoms with Gasteiger partial charge in [0.25, 0.3) is 5.91 Å². The van der Waals surface area contributed by atoms with Crippen LogP contribution in [0, 0.1) is 11.6 Å². The molecule has 0 heterocycles. The van der Waals surface area contributed by atoms with Crippen LogP contribution in [0.5, 0.6) is 0 Å². The summed E-state index contributed by atoms with van der Waals surface area (Å²) in [6.07, 6.45) is 0. The molecule has 0 bridgehead atoms. The minimum absolute atomic E-state index is 0.0742. The monoisotopic (exact) mass is 243 g/mol. The second kappa shape index (κ2) is 4.79. The Bertz CT molecular complexity index is 427. The zero-order valence-electron chi connectivity index (χ0n) is 10.00. The molecule has 0 unspecified atom stereocenters. The van der Waals surface area contributed by atoms with Crippen molar-refractivity contribution in [2.24, 2.45) is 0 Å². The van der Waals surface area contributed by atoms with Crippen molar-refractivity contribution in [2.45, 2.75) is 26.0 Å². The Morgan fingerprint density at radius 1 is 1.41 bits per heavy atom. The summed E-state index contributed by atoms with van der Waals surface area (Å²) in [7, 11) is 1.42. The molecule has 0 fully saturated rings. The minimum atomic E-state index is -1.53. The van der Waals surface area contributed by atoms with Crippen molar-refractivity contribution < 1.29 is 18.7 Å². The van der Waals surface area contributed by atoms with Crippen LogP contribution in [-0.4, -0.2) is 28.6 Å². The number of benzene rings is 1. The molecule has 1 amide bonds. The van der Waals surface area contributed by atoms with Gasteiger partial charge in [0.05, 0.1) is 0 Å². The molecule has 3 nitrogen and oxygen atoms in total. The fraction of sp³-hybridized carbons (Fsp3) is 0.417. The first-order valence-electron chi connectivity index (χ1n) is 5.13. The molecule has 0 spiro atoms. The lowest BCUT2D eigenvalue weighted by molar-refractivity contribution is -0.147. The van der Waals surface area contributed by atoms with Gasteiger partial charge in [-0.05, 0) is 32.0 Å². The Kier molecular flexibility index (Phi) is 3.83. The fourth-order valence-corrected chi connectivity index (χ4v) is 1.46. The molecule has 1 aromatic rings. The predicted octanol–water partition coefficient (Wildman–Crippen LogP) is 1.69. The average Bonchev–Trinajstić information content (AvgIpc) is 2.21. The number of hydrogen-bond donors (Lipinski definition) is 1. The van der Waals surface area contributed by atoms with Gasteiger partial charge >= 0.3 is 0 Å². The molecule has 1 rings (SSSR count). The van der Waals surface area contributed by atoms with E-state index in [0.717, 1.165) is 23.1 Å². The van der Waals surface area contributed by atoms with Crippen molar-refractivity contribution in [2.75, 3.05) is 7.05 Å². The highest BCUT2D eigenvalue weighted by Gasteiger charge is 2.27. The highest BCUT2D eigenvalue weighted by molar-refractivity contribution is 5.83. The van der Waals surface area contributed by atoms with Crippen molar-refractivity contribution in [1.82, 2.24) is 4.90 Å². The highest BCUT2D eigenvalue weighted by Crippen LogP contribution is 2.14. The molecule has 17 heavy (non-hydrogen) atoms. The third-order valence-corrected chi connectivity index (χ3v) is 2.29. The maximum Gasteiger partial charge on any atom is 0.253 e. The number of nitrogens with zero attached hydrogens (tertiary/aromatic N) is 1. The second-order valence-electron chi connectivity index (χ2n) is 4.46. The van der Waals surface area contributed by atoms with E-state index in [9.17, 15) is 18.7 Å². The van der Waals surface area contributed by atoms with Gasteiger partial charge in [-0.2, -0.15) is 0 Å². The van der Waals surface area contributed by atoms with E-state index >= 15 is 0 Å². The molecular weight excluding hydrogens is 228 g/mol. The number of likely N-dealkylation sites (N-methyl/N-ethyl adjacent to an activating group) is 1. The highest BCUT2D eigenvalue weighted by atomic mass is 19.1. The minimum Gasteiger partial charge on any atom is -0.381 e. The number of aliphatic hydroxyl groups is 1. The largest absolute Gasteiger partial charge is 0.381 e. The van der Waals surface area contributed by atoms with Crippen LogP contribution in [0.25, 0.3) is 0 Å². The van der Waals surface area contributed by atoms with E-state index in [4.69, 9.17) is 0 Å². The lowest BCUT2D eigenvalue weighted by Crippen LogP contribution is -2.42. The summed E-state index contributed by atoms with van der Waals surface area (Å²) in [5.41, 5.74) is -1.46. The van der Waals surface area contributed by atoms with Crippen molar-refractivity contribution in [3.63, 3.8) is 0 Å². The third-order valence-electron chi connectivity index (χ3n) is 2.29. The van der Waals surface area contributed by atoms with Gasteiger partial charge in [0.15, 0.2) is 0 Å². The number of hydrogen-bond acceptors (Lipinski definition) is 2. The van der Waals surface area contributed by atoms with Crippen LogP contribution in [-0.2, 0) is 11.3 Å². The van der Waals surface area contributed by atoms with Crippen LogP contribution in [0.4, 0.5) is 8.78 Å². The summed E-state index contributed by atoms with van der Waals surface area (Å²) in [5.74, 6) is -1.70. The molecule has 0 aliphatic carbocycles. The van der Waals surface area contributed by atoms with E-state index in [1.807, 2.05) is 0 Å². The third kappa shape index (κ3) is 3.49. The van der Waals surface area contributed by atoms with Gasteiger partial charge in [0, 0.05) is 19.2 Å². The molecule has 0 radical (unpaired) electrons. The molecule has 0 atom stereocenters. The zero-order valence-corrected chi connectivity index (χ0v) is 10.00. The maximum atomic E-state index is 13.3. The summed E-state index contributed by atoms with van der Waals surface area (Å²) < 4.78 is 26.2. The normalized spacial score (nSPS) is 11.4. The number of carbonyl (C=O) groups is 1. The van der Waals surface area contributed by atoms with E-state index in [-0.39, 0.29) is 12.1 Å². The van der Waals surface area contributed by atoms with Gasteiger partial charge in [-0.1, -0.05) is 0 Å². The average molecular weight is 243 g/mol. The molecule has 94 valence electrons. The summed E-state index contributed by atoms with van der Waals surface area (Å²) in [4.78, 5) is 12.8. The van der Waals surface area contributed by atoms with Crippen LogP contribution in [0.3, 0.4) is 0 Å². The number of rotatable bonds is 3. The number of halogens is 2. The Hall–Kier alpha value is -1.49. The standard InChI is InChI=1S/C12H15F2NO2/c1-12(2,17)11(16)15(3)7-8-6-9(13)4-5-10(8)14/h4-6,17H,7H2,1-3H3. The smallest absolute Gasteiger partial charge is 0.253 e. The van der Waals surface area contributed by atoms with Gasteiger partial charge in [-0.3, -0.25) is 4.79 Å². The maximum absolute atomic E-state index is 13.3. The molecule has 0 saturated carbocycles. The number of carbonyl (C=O) groups excluding carboxylic acids is 1. The zero-order chi connectivity index (χ0) is 13.2.